The summed E-state index contributed by atoms with van der Waals surface area (Å²) in [6.45, 7) is 2.24. The predicted octanol–water partition coefficient (Wildman–Crippen LogP) is 3.62. The van der Waals surface area contributed by atoms with E-state index in [-0.39, 0.29) is 0 Å². The maximum atomic E-state index is 2.44. The minimum absolute atomic E-state index is 1.21. The maximum absolute atomic E-state index is 2.44. The van der Waals surface area contributed by atoms with Crippen molar-refractivity contribution in [1.82, 2.24) is 0 Å². The molecule has 16 heavy (non-hydrogen) atoms. The van der Waals surface area contributed by atoms with Crippen LogP contribution in [0, 0.1) is 6.92 Å². The molecule has 0 aliphatic heterocycles. The summed E-state index contributed by atoms with van der Waals surface area (Å²) in [4.78, 5) is 4.88. The van der Waals surface area contributed by atoms with Crippen molar-refractivity contribution in [3.63, 3.8) is 0 Å². The summed E-state index contributed by atoms with van der Waals surface area (Å²) in [5.41, 5.74) is 4.28. The van der Waals surface area contributed by atoms with E-state index in [1.54, 1.807) is 3.51 Å². The van der Waals surface area contributed by atoms with Crippen molar-refractivity contribution in [2.24, 2.45) is 0 Å². The molecule has 0 nitrogen and oxygen atoms in total. The Labute approximate surface area is 105 Å². The van der Waals surface area contributed by atoms with Crippen LogP contribution < -0.4 is 3.51 Å². The molecule has 0 N–H and O–H groups in total. The van der Waals surface area contributed by atoms with Crippen molar-refractivity contribution in [3.8, 4) is 11.1 Å². The number of rotatable bonds is 2. The zero-order valence-electron chi connectivity index (χ0n) is 10.1. The third-order valence-electron chi connectivity index (χ3n) is 2.77. The van der Waals surface area contributed by atoms with Crippen molar-refractivity contribution in [1.29, 1.82) is 0 Å². The van der Waals surface area contributed by atoms with Crippen LogP contribution in [0.1, 0.15) is 5.56 Å². The SMILES string of the molecule is Cc1cccc(-c2ccccc2)[c]1[Sb]([CH3])[CH3]. The number of benzene rings is 2. The zero-order valence-corrected chi connectivity index (χ0v) is 12.6. The van der Waals surface area contributed by atoms with E-state index in [1.807, 2.05) is 0 Å². The average Bonchev–Trinajstić information content (AvgIpc) is 2.29. The van der Waals surface area contributed by atoms with Gasteiger partial charge in [-0.25, -0.2) is 0 Å². The Hall–Kier alpha value is -0.742. The van der Waals surface area contributed by atoms with E-state index in [0.29, 0.717) is 0 Å². The van der Waals surface area contributed by atoms with Gasteiger partial charge in [0.25, 0.3) is 0 Å². The van der Waals surface area contributed by atoms with Gasteiger partial charge in [-0.2, -0.15) is 0 Å². The van der Waals surface area contributed by atoms with Gasteiger partial charge in [-0.3, -0.25) is 0 Å². The summed E-state index contributed by atoms with van der Waals surface area (Å²) in [6.07, 6.45) is 0. The molecule has 0 saturated heterocycles. The first kappa shape index (κ1) is 11.7. The Morgan fingerprint density at radius 2 is 1.50 bits per heavy atom. The Kier molecular flexibility index (Phi) is 3.71. The second-order valence-corrected chi connectivity index (χ2v) is 10.6. The topological polar surface area (TPSA) is 0 Å². The summed E-state index contributed by atoms with van der Waals surface area (Å²) in [5, 5.41) is 0. The van der Waals surface area contributed by atoms with Gasteiger partial charge in [-0.15, -0.1) is 0 Å². The van der Waals surface area contributed by atoms with Crippen LogP contribution in [0.2, 0.25) is 9.74 Å². The molecule has 0 heterocycles. The van der Waals surface area contributed by atoms with Crippen LogP contribution in [-0.4, -0.2) is 20.2 Å². The van der Waals surface area contributed by atoms with Crippen LogP contribution in [0.25, 0.3) is 11.1 Å². The van der Waals surface area contributed by atoms with Gasteiger partial charge >= 0.3 is 106 Å². The molecule has 0 aromatic heterocycles. The molecule has 2 aromatic carbocycles. The number of hydrogen-bond donors (Lipinski definition) is 0. The van der Waals surface area contributed by atoms with Gasteiger partial charge in [-0.1, -0.05) is 0 Å². The van der Waals surface area contributed by atoms with E-state index in [0.717, 1.165) is 0 Å². The molecule has 0 aliphatic rings. The van der Waals surface area contributed by atoms with Crippen LogP contribution in [0.3, 0.4) is 0 Å². The molecule has 82 valence electrons. The molecule has 2 aromatic rings. The van der Waals surface area contributed by atoms with E-state index in [9.17, 15) is 0 Å². The van der Waals surface area contributed by atoms with Crippen molar-refractivity contribution in [2.45, 2.75) is 16.7 Å². The molecule has 0 aliphatic carbocycles. The fourth-order valence-electron chi connectivity index (χ4n) is 2.10. The molecule has 0 radical (unpaired) electrons. The van der Waals surface area contributed by atoms with Gasteiger partial charge in [0.2, 0.25) is 0 Å². The summed E-state index contributed by atoms with van der Waals surface area (Å²) >= 11 is -1.21. The molecule has 1 heteroatoms. The number of hydrogen-bond acceptors (Lipinski definition) is 0. The molecular formula is C15H17Sb. The molecule has 0 saturated carbocycles. The van der Waals surface area contributed by atoms with Gasteiger partial charge in [0.1, 0.15) is 0 Å². The van der Waals surface area contributed by atoms with Crippen LogP contribution in [0.15, 0.2) is 48.5 Å². The van der Waals surface area contributed by atoms with Crippen molar-refractivity contribution in [2.75, 3.05) is 0 Å². The molecule has 0 unspecified atom stereocenters. The Balaban J connectivity index is 2.61. The van der Waals surface area contributed by atoms with Crippen molar-refractivity contribution in [3.05, 3.63) is 54.1 Å². The van der Waals surface area contributed by atoms with E-state index in [4.69, 9.17) is 0 Å². The van der Waals surface area contributed by atoms with Gasteiger partial charge in [0.05, 0.1) is 0 Å². The quantitative estimate of drug-likeness (QED) is 0.742. The summed E-state index contributed by atoms with van der Waals surface area (Å²) in [5.74, 6) is 0. The zero-order chi connectivity index (χ0) is 11.5. The molecular weight excluding hydrogens is 302 g/mol. The molecule has 0 bridgehead atoms. The van der Waals surface area contributed by atoms with Crippen molar-refractivity contribution >= 4 is 23.7 Å². The standard InChI is InChI=1S/C13H11.2CH3.Sb/c1-11-6-5-9-13(10-11)12-7-3-2-4-8-12;;;/h2-9H,1H3;2*1H3;. The van der Waals surface area contributed by atoms with Crippen LogP contribution in [0.5, 0.6) is 0 Å². The van der Waals surface area contributed by atoms with E-state index in [2.05, 4.69) is 65.2 Å². The predicted molar refractivity (Wildman–Crippen MR) is 73.7 cm³/mol. The first-order valence-corrected chi connectivity index (χ1v) is 11.9. The Morgan fingerprint density at radius 1 is 0.812 bits per heavy atom. The second kappa shape index (κ2) is 5.06. The fourth-order valence-corrected chi connectivity index (χ4v) is 6.29. The van der Waals surface area contributed by atoms with E-state index in [1.165, 1.54) is 16.7 Å². The van der Waals surface area contributed by atoms with E-state index >= 15 is 0 Å². The number of aryl methyl sites for hydroxylation is 1. The third kappa shape index (κ3) is 2.33. The summed E-state index contributed by atoms with van der Waals surface area (Å²) in [7, 11) is 0. The summed E-state index contributed by atoms with van der Waals surface area (Å²) in [6, 6.07) is 17.4. The molecule has 0 spiro atoms. The van der Waals surface area contributed by atoms with Gasteiger partial charge in [0.15, 0.2) is 0 Å². The molecule has 0 atom stereocenters. The normalized spacial score (nSPS) is 10.8. The first-order valence-electron chi connectivity index (χ1n) is 5.52. The third-order valence-corrected chi connectivity index (χ3v) is 7.02. The van der Waals surface area contributed by atoms with E-state index < -0.39 is 20.2 Å². The van der Waals surface area contributed by atoms with Crippen LogP contribution >= 0.6 is 0 Å². The Bertz CT molecular complexity index is 472. The van der Waals surface area contributed by atoms with Gasteiger partial charge in [-0.05, 0) is 0 Å². The minimum atomic E-state index is -1.21. The van der Waals surface area contributed by atoms with Crippen LogP contribution in [-0.2, 0) is 0 Å². The Morgan fingerprint density at radius 3 is 2.12 bits per heavy atom. The first-order chi connectivity index (χ1) is 7.70. The van der Waals surface area contributed by atoms with Gasteiger partial charge < -0.3 is 0 Å². The van der Waals surface area contributed by atoms with Crippen molar-refractivity contribution < 1.29 is 0 Å². The average molecular weight is 319 g/mol. The molecule has 0 fully saturated rings. The summed E-state index contributed by atoms with van der Waals surface area (Å²) < 4.78 is 1.65. The molecule has 2 rings (SSSR count). The van der Waals surface area contributed by atoms with Crippen LogP contribution in [0.4, 0.5) is 0 Å². The second-order valence-electron chi connectivity index (χ2n) is 4.23. The van der Waals surface area contributed by atoms with Gasteiger partial charge in [0, 0.05) is 0 Å². The molecule has 0 amide bonds. The monoisotopic (exact) mass is 318 g/mol. The fraction of sp³-hybridized carbons (Fsp3) is 0.200.